The van der Waals surface area contributed by atoms with Crippen LogP contribution in [0.5, 0.6) is 0 Å². The van der Waals surface area contributed by atoms with Crippen molar-refractivity contribution in [1.82, 2.24) is 0 Å². The maximum absolute atomic E-state index is 3.62. The van der Waals surface area contributed by atoms with E-state index < -0.39 is 0 Å². The zero-order chi connectivity index (χ0) is 49.6. The fourth-order valence-electron chi connectivity index (χ4n) is 8.98. The summed E-state index contributed by atoms with van der Waals surface area (Å²) in [6.45, 7) is 27.0. The van der Waals surface area contributed by atoms with Gasteiger partial charge in [-0.1, -0.05) is 252 Å². The predicted molar refractivity (Wildman–Crippen MR) is 297 cm³/mol. The third-order valence-electron chi connectivity index (χ3n) is 13.6. The molecule has 0 atom stereocenters. The van der Waals surface area contributed by atoms with Crippen molar-refractivity contribution < 1.29 is 0 Å². The highest BCUT2D eigenvalue weighted by molar-refractivity contribution is 5.79. The van der Waals surface area contributed by atoms with Gasteiger partial charge in [-0.3, -0.25) is 0 Å². The Morgan fingerprint density at radius 1 is 0.200 bits per heavy atom. The lowest BCUT2D eigenvalue weighted by Gasteiger charge is -2.17. The van der Waals surface area contributed by atoms with E-state index >= 15 is 0 Å². The molecule has 70 heavy (non-hydrogen) atoms. The molecule has 9 rings (SSSR count). The van der Waals surface area contributed by atoms with Gasteiger partial charge in [0.2, 0.25) is 0 Å². The normalized spacial score (nSPS) is 11.8. The van der Waals surface area contributed by atoms with Crippen molar-refractivity contribution >= 4 is 0 Å². The zero-order valence-corrected chi connectivity index (χ0v) is 43.0. The second-order valence-corrected chi connectivity index (χ2v) is 22.9. The fourth-order valence-corrected chi connectivity index (χ4v) is 8.98. The standard InChI is InChI=1S/C70H62/c1-67(2,3)59-33-29-51-17-13-47(63(51)41-37-59)21-25-55-45-57(27-23-49-15-19-53-31-35-61(69(7,8)9)39-43-65(49)53)58(28-24-50-16-20-54-32-36-62(70(10,11)12)40-44-66(50)54)46-56(55)26-22-48-14-18-52-30-34-60(68(4,5)6)38-42-64(48)52/h13-20,29-46H,1-12H3. The van der Waals surface area contributed by atoms with Gasteiger partial charge in [-0.05, 0) is 125 Å². The van der Waals surface area contributed by atoms with Crippen LogP contribution >= 0.6 is 0 Å². The summed E-state index contributed by atoms with van der Waals surface area (Å²) in [6.07, 6.45) is 0. The van der Waals surface area contributed by atoms with Crippen molar-refractivity contribution in [2.45, 2.75) is 105 Å². The average molecular weight is 903 g/mol. The van der Waals surface area contributed by atoms with Crippen LogP contribution in [0.3, 0.4) is 0 Å². The summed E-state index contributed by atoms with van der Waals surface area (Å²) in [5.41, 5.74) is 21.5. The quantitative estimate of drug-likeness (QED) is 0.133. The third-order valence-corrected chi connectivity index (χ3v) is 13.6. The summed E-state index contributed by atoms with van der Waals surface area (Å²) in [7, 11) is 0. The van der Waals surface area contributed by atoms with E-state index in [0.29, 0.717) is 0 Å². The van der Waals surface area contributed by atoms with E-state index in [1.165, 1.54) is 22.3 Å². The molecule has 8 aliphatic carbocycles. The summed E-state index contributed by atoms with van der Waals surface area (Å²) in [5, 5.41) is 0. The van der Waals surface area contributed by atoms with Crippen LogP contribution in [-0.2, 0) is 21.7 Å². The van der Waals surface area contributed by atoms with E-state index in [-0.39, 0.29) is 21.7 Å². The second kappa shape index (κ2) is 18.3. The van der Waals surface area contributed by atoms with Gasteiger partial charge in [0.1, 0.15) is 0 Å². The van der Waals surface area contributed by atoms with Crippen LogP contribution in [0.4, 0.5) is 0 Å². The van der Waals surface area contributed by atoms with E-state index in [1.54, 1.807) is 0 Å². The van der Waals surface area contributed by atoms with E-state index in [1.807, 2.05) is 0 Å². The van der Waals surface area contributed by atoms with Gasteiger partial charge in [-0.25, -0.2) is 0 Å². The summed E-state index contributed by atoms with van der Waals surface area (Å²) in [4.78, 5) is 0. The Morgan fingerprint density at radius 3 is 0.571 bits per heavy atom. The summed E-state index contributed by atoms with van der Waals surface area (Å²) in [6, 6.07) is 57.0. The van der Waals surface area contributed by atoms with Crippen LogP contribution in [-0.4, -0.2) is 0 Å². The summed E-state index contributed by atoms with van der Waals surface area (Å²) >= 11 is 0. The molecule has 0 amide bonds. The largest absolute Gasteiger partial charge is 0.0610 e. The summed E-state index contributed by atoms with van der Waals surface area (Å²) in [5.74, 6) is 28.9. The number of fused-ring (bicyclic) bond motifs is 4. The molecule has 0 spiro atoms. The van der Waals surface area contributed by atoms with E-state index in [9.17, 15) is 0 Å². The average Bonchev–Trinajstić information content (AvgIpc) is 3.88. The molecule has 0 radical (unpaired) electrons. The van der Waals surface area contributed by atoms with E-state index in [0.717, 1.165) is 89.0 Å². The number of rotatable bonds is 0. The molecule has 0 aromatic heterocycles. The second-order valence-electron chi connectivity index (χ2n) is 22.9. The molecule has 0 fully saturated rings. The zero-order valence-electron chi connectivity index (χ0n) is 43.0. The summed E-state index contributed by atoms with van der Waals surface area (Å²) < 4.78 is 0. The minimum absolute atomic E-state index is 0.0303. The molecule has 0 heterocycles. The van der Waals surface area contributed by atoms with Crippen molar-refractivity contribution in [2.24, 2.45) is 0 Å². The first-order valence-corrected chi connectivity index (χ1v) is 24.6. The van der Waals surface area contributed by atoms with Crippen LogP contribution in [0.25, 0.3) is 44.5 Å². The molecule has 0 N–H and O–H groups in total. The predicted octanol–water partition coefficient (Wildman–Crippen LogP) is 16.9. The molecule has 0 nitrogen and oxygen atoms in total. The Hall–Kier alpha value is -7.74. The van der Waals surface area contributed by atoms with Gasteiger partial charge in [0.25, 0.3) is 0 Å². The van der Waals surface area contributed by atoms with Gasteiger partial charge in [-0.15, -0.1) is 0 Å². The van der Waals surface area contributed by atoms with Crippen molar-refractivity contribution in [2.75, 3.05) is 0 Å². The van der Waals surface area contributed by atoms with E-state index in [2.05, 4.69) is 288 Å². The molecule has 1 aromatic rings. The molecule has 0 saturated heterocycles. The Balaban J connectivity index is 1.24. The number of benzene rings is 1. The van der Waals surface area contributed by atoms with Gasteiger partial charge >= 0.3 is 0 Å². The molecule has 0 aliphatic heterocycles. The Labute approximate surface area is 419 Å². The minimum atomic E-state index is 0.0303. The molecule has 0 heteroatoms. The molecule has 1 aromatic carbocycles. The Morgan fingerprint density at radius 2 is 0.371 bits per heavy atom. The first-order chi connectivity index (χ1) is 33.2. The lowest BCUT2D eigenvalue weighted by Crippen LogP contribution is -2.09. The monoisotopic (exact) mass is 902 g/mol. The van der Waals surface area contributed by atoms with Crippen molar-refractivity contribution in [3.8, 4) is 91.9 Å². The molecule has 342 valence electrons. The van der Waals surface area contributed by atoms with Crippen LogP contribution in [0.2, 0.25) is 0 Å². The van der Waals surface area contributed by atoms with Crippen LogP contribution in [0.15, 0.2) is 158 Å². The minimum Gasteiger partial charge on any atom is -0.0610 e. The van der Waals surface area contributed by atoms with Crippen LogP contribution < -0.4 is 0 Å². The molecule has 8 aliphatic rings. The van der Waals surface area contributed by atoms with Gasteiger partial charge in [0, 0.05) is 44.5 Å². The van der Waals surface area contributed by atoms with Crippen molar-refractivity contribution in [3.63, 3.8) is 0 Å². The SMILES string of the molecule is CC(C)(C)c1ccc2ccc(C#Cc3cc(C#Cc4ccc5ccc(C(C)(C)C)ccc4-5)c(C#Cc4ccc5ccc(C(C)(C)C)ccc4-5)cc3C#Cc3ccc4ccc(C(C)(C)C)ccc3-4)c-2cc1. The van der Waals surface area contributed by atoms with Gasteiger partial charge in [-0.2, -0.15) is 0 Å². The lowest BCUT2D eigenvalue weighted by atomic mass is 9.88. The molecular formula is C70H62. The van der Waals surface area contributed by atoms with Gasteiger partial charge < -0.3 is 0 Å². The number of hydrogen-bond donors (Lipinski definition) is 0. The highest BCUT2D eigenvalue weighted by atomic mass is 14.2. The molecular weight excluding hydrogens is 841 g/mol. The van der Waals surface area contributed by atoms with Gasteiger partial charge in [0.05, 0.1) is 0 Å². The molecule has 0 unspecified atom stereocenters. The first kappa shape index (κ1) is 47.3. The van der Waals surface area contributed by atoms with Crippen LogP contribution in [0, 0.1) is 47.4 Å². The fraction of sp³-hybridized carbons (Fsp3) is 0.229. The van der Waals surface area contributed by atoms with Crippen molar-refractivity contribution in [1.29, 1.82) is 0 Å². The topological polar surface area (TPSA) is 0 Å². The third kappa shape index (κ3) is 10.2. The highest BCUT2D eigenvalue weighted by Crippen LogP contribution is 2.35. The maximum Gasteiger partial charge on any atom is 0.0419 e. The highest BCUT2D eigenvalue weighted by Gasteiger charge is 2.19. The smallest absolute Gasteiger partial charge is 0.0419 e. The van der Waals surface area contributed by atoms with Crippen molar-refractivity contribution in [3.05, 3.63) is 224 Å². The Kier molecular flexibility index (Phi) is 12.4. The van der Waals surface area contributed by atoms with Gasteiger partial charge in [0.15, 0.2) is 0 Å². The van der Waals surface area contributed by atoms with Crippen LogP contribution in [0.1, 0.15) is 150 Å². The maximum atomic E-state index is 3.62. The van der Waals surface area contributed by atoms with E-state index in [4.69, 9.17) is 0 Å². The Bertz CT molecular complexity index is 3110. The lowest BCUT2D eigenvalue weighted by molar-refractivity contribution is 0.590. The molecule has 0 bridgehead atoms. The first-order valence-electron chi connectivity index (χ1n) is 24.6. The molecule has 0 saturated carbocycles. The number of hydrogen-bond acceptors (Lipinski definition) is 0.